The number of hydrogen-bond donors (Lipinski definition) is 1. The number of carbonyl (C=O) groups is 1. The fourth-order valence-electron chi connectivity index (χ4n) is 2.50. The predicted molar refractivity (Wildman–Crippen MR) is 70.7 cm³/mol. The van der Waals surface area contributed by atoms with Gasteiger partial charge in [0.25, 0.3) is 0 Å². The van der Waals surface area contributed by atoms with Crippen LogP contribution in [-0.2, 0) is 4.79 Å². The van der Waals surface area contributed by atoms with Gasteiger partial charge in [-0.2, -0.15) is 0 Å². The predicted octanol–water partition coefficient (Wildman–Crippen LogP) is 0.772. The molecule has 1 saturated heterocycles. The van der Waals surface area contributed by atoms with Crippen LogP contribution in [0, 0.1) is 11.3 Å². The number of nitrogens with zero attached hydrogens (tertiary/aromatic N) is 2. The first-order valence-electron chi connectivity index (χ1n) is 6.51. The molecule has 4 heteroatoms. The third kappa shape index (κ3) is 3.96. The van der Waals surface area contributed by atoms with Crippen molar-refractivity contribution in [3.05, 3.63) is 0 Å². The van der Waals surface area contributed by atoms with E-state index in [4.69, 9.17) is 5.73 Å². The first kappa shape index (κ1) is 14.5. The third-order valence-corrected chi connectivity index (χ3v) is 3.69. The molecule has 17 heavy (non-hydrogen) atoms. The van der Waals surface area contributed by atoms with E-state index in [1.807, 2.05) is 25.8 Å². The zero-order chi connectivity index (χ0) is 13.1. The van der Waals surface area contributed by atoms with Gasteiger partial charge < -0.3 is 15.5 Å². The summed E-state index contributed by atoms with van der Waals surface area (Å²) in [5, 5.41) is 0. The molecule has 1 amide bonds. The minimum atomic E-state index is -0.435. The van der Waals surface area contributed by atoms with Crippen LogP contribution in [0.15, 0.2) is 0 Å². The molecule has 100 valence electrons. The van der Waals surface area contributed by atoms with Crippen molar-refractivity contribution < 1.29 is 4.79 Å². The van der Waals surface area contributed by atoms with Crippen LogP contribution < -0.4 is 5.73 Å². The van der Waals surface area contributed by atoms with E-state index in [1.165, 1.54) is 19.4 Å². The summed E-state index contributed by atoms with van der Waals surface area (Å²) in [6, 6.07) is 0. The third-order valence-electron chi connectivity index (χ3n) is 3.69. The van der Waals surface area contributed by atoms with Crippen molar-refractivity contribution in [2.45, 2.75) is 26.7 Å². The molecule has 1 heterocycles. The molecule has 2 N–H and O–H groups in total. The van der Waals surface area contributed by atoms with Gasteiger partial charge >= 0.3 is 0 Å². The van der Waals surface area contributed by atoms with E-state index in [-0.39, 0.29) is 5.91 Å². The second kappa shape index (κ2) is 5.83. The fourth-order valence-corrected chi connectivity index (χ4v) is 2.50. The van der Waals surface area contributed by atoms with Crippen LogP contribution in [0.3, 0.4) is 0 Å². The molecule has 0 aromatic carbocycles. The Kier molecular flexibility index (Phi) is 4.95. The van der Waals surface area contributed by atoms with Gasteiger partial charge in [-0.1, -0.05) is 0 Å². The number of piperidine rings is 1. The minimum absolute atomic E-state index is 0.160. The van der Waals surface area contributed by atoms with E-state index in [0.29, 0.717) is 12.5 Å². The highest BCUT2D eigenvalue weighted by molar-refractivity contribution is 5.81. The van der Waals surface area contributed by atoms with Gasteiger partial charge in [-0.3, -0.25) is 4.79 Å². The lowest BCUT2D eigenvalue weighted by atomic mass is 9.91. The van der Waals surface area contributed by atoms with Crippen LogP contribution in [0.25, 0.3) is 0 Å². The summed E-state index contributed by atoms with van der Waals surface area (Å²) >= 11 is 0. The van der Waals surface area contributed by atoms with E-state index < -0.39 is 5.41 Å². The highest BCUT2D eigenvalue weighted by Crippen LogP contribution is 2.20. The average molecular weight is 241 g/mol. The van der Waals surface area contributed by atoms with Crippen LogP contribution in [0.5, 0.6) is 0 Å². The van der Waals surface area contributed by atoms with Crippen LogP contribution in [-0.4, -0.2) is 56.0 Å². The van der Waals surface area contributed by atoms with E-state index >= 15 is 0 Å². The van der Waals surface area contributed by atoms with Crippen molar-refractivity contribution in [2.75, 3.05) is 40.3 Å². The number of rotatable bonds is 4. The summed E-state index contributed by atoms with van der Waals surface area (Å²) in [5.41, 5.74) is 5.21. The summed E-state index contributed by atoms with van der Waals surface area (Å²) < 4.78 is 0. The Morgan fingerprint density at radius 2 is 2.18 bits per heavy atom. The van der Waals surface area contributed by atoms with Gasteiger partial charge in [-0.25, -0.2) is 0 Å². The van der Waals surface area contributed by atoms with Crippen LogP contribution >= 0.6 is 0 Å². The van der Waals surface area contributed by atoms with E-state index in [2.05, 4.69) is 11.9 Å². The molecule has 0 aliphatic carbocycles. The van der Waals surface area contributed by atoms with Crippen molar-refractivity contribution in [1.29, 1.82) is 0 Å². The Hall–Kier alpha value is -0.610. The normalized spacial score (nSPS) is 22.5. The highest BCUT2D eigenvalue weighted by Gasteiger charge is 2.30. The Bertz CT molecular complexity index is 265. The van der Waals surface area contributed by atoms with Crippen molar-refractivity contribution >= 4 is 5.91 Å². The SMILES string of the molecule is CN1CCCC(CN(C)C(=O)C(C)(C)CN)C1. The van der Waals surface area contributed by atoms with Crippen LogP contribution in [0.4, 0.5) is 0 Å². The number of nitrogens with two attached hydrogens (primary N) is 1. The van der Waals surface area contributed by atoms with Gasteiger partial charge in [-0.05, 0) is 46.2 Å². The molecule has 1 atom stereocenters. The maximum atomic E-state index is 12.2. The first-order chi connectivity index (χ1) is 7.86. The molecular formula is C13H27N3O. The standard InChI is InChI=1S/C13H27N3O/c1-13(2,10-14)12(17)16(4)9-11-6-5-7-15(3)8-11/h11H,5-10,14H2,1-4H3. The smallest absolute Gasteiger partial charge is 0.229 e. The van der Waals surface area contributed by atoms with Crippen molar-refractivity contribution in [3.8, 4) is 0 Å². The number of hydrogen-bond acceptors (Lipinski definition) is 3. The Morgan fingerprint density at radius 1 is 1.53 bits per heavy atom. The Morgan fingerprint density at radius 3 is 2.71 bits per heavy atom. The Labute approximate surface area is 105 Å². The molecule has 0 aromatic heterocycles. The Balaban J connectivity index is 2.48. The van der Waals surface area contributed by atoms with Gasteiger partial charge in [0.15, 0.2) is 0 Å². The van der Waals surface area contributed by atoms with Gasteiger partial charge in [0.2, 0.25) is 5.91 Å². The number of carbonyl (C=O) groups excluding carboxylic acids is 1. The largest absolute Gasteiger partial charge is 0.345 e. The first-order valence-corrected chi connectivity index (χ1v) is 6.51. The van der Waals surface area contributed by atoms with Crippen molar-refractivity contribution in [3.63, 3.8) is 0 Å². The van der Waals surface area contributed by atoms with E-state index in [0.717, 1.165) is 13.1 Å². The van der Waals surface area contributed by atoms with E-state index in [9.17, 15) is 4.79 Å². The summed E-state index contributed by atoms with van der Waals surface area (Å²) in [6.07, 6.45) is 2.47. The lowest BCUT2D eigenvalue weighted by molar-refractivity contribution is -0.139. The van der Waals surface area contributed by atoms with E-state index in [1.54, 1.807) is 0 Å². The van der Waals surface area contributed by atoms with Crippen molar-refractivity contribution in [2.24, 2.45) is 17.1 Å². The highest BCUT2D eigenvalue weighted by atomic mass is 16.2. The molecule has 1 rings (SSSR count). The van der Waals surface area contributed by atoms with Gasteiger partial charge in [0.1, 0.15) is 0 Å². The molecule has 1 fully saturated rings. The second-order valence-electron chi connectivity index (χ2n) is 6.04. The molecule has 0 saturated carbocycles. The quantitative estimate of drug-likeness (QED) is 0.791. The van der Waals surface area contributed by atoms with Crippen LogP contribution in [0.1, 0.15) is 26.7 Å². The molecule has 4 nitrogen and oxygen atoms in total. The molecule has 0 spiro atoms. The summed E-state index contributed by atoms with van der Waals surface area (Å²) in [6.45, 7) is 7.37. The molecule has 0 bridgehead atoms. The van der Waals surface area contributed by atoms with Gasteiger partial charge in [-0.15, -0.1) is 0 Å². The zero-order valence-electron chi connectivity index (χ0n) is 11.7. The average Bonchev–Trinajstić information content (AvgIpc) is 2.28. The second-order valence-corrected chi connectivity index (χ2v) is 6.04. The number of likely N-dealkylation sites (tertiary alicyclic amines) is 1. The zero-order valence-corrected chi connectivity index (χ0v) is 11.7. The molecule has 1 aliphatic rings. The monoisotopic (exact) mass is 241 g/mol. The maximum absolute atomic E-state index is 12.2. The molecular weight excluding hydrogens is 214 g/mol. The topological polar surface area (TPSA) is 49.6 Å². The van der Waals surface area contributed by atoms with Crippen LogP contribution in [0.2, 0.25) is 0 Å². The molecule has 0 aromatic rings. The van der Waals surface area contributed by atoms with Gasteiger partial charge in [0.05, 0.1) is 5.41 Å². The fraction of sp³-hybridized carbons (Fsp3) is 0.923. The van der Waals surface area contributed by atoms with Gasteiger partial charge in [0, 0.05) is 26.7 Å². The minimum Gasteiger partial charge on any atom is -0.345 e. The summed E-state index contributed by atoms with van der Waals surface area (Å²) in [4.78, 5) is 16.4. The van der Waals surface area contributed by atoms with Crippen molar-refractivity contribution in [1.82, 2.24) is 9.80 Å². The summed E-state index contributed by atoms with van der Waals surface area (Å²) in [5.74, 6) is 0.768. The molecule has 0 radical (unpaired) electrons. The molecule has 1 aliphatic heterocycles. The maximum Gasteiger partial charge on any atom is 0.229 e. The lowest BCUT2D eigenvalue weighted by Crippen LogP contribution is -2.46. The summed E-state index contributed by atoms with van der Waals surface area (Å²) in [7, 11) is 4.05. The number of amides is 1. The lowest BCUT2D eigenvalue weighted by Gasteiger charge is -2.35. The molecule has 1 unspecified atom stereocenters.